The Morgan fingerprint density at radius 1 is 0.535 bits per heavy atom. The minimum atomic E-state index is -2.50. The molecule has 0 radical (unpaired) electrons. The van der Waals surface area contributed by atoms with E-state index in [4.69, 9.17) is 21.9 Å². The average molecular weight is 1820 g/mol. The highest BCUT2D eigenvalue weighted by molar-refractivity contribution is 7.17. The molecule has 14 atom stereocenters. The number of anilines is 1. The topological polar surface area (TPSA) is 731 Å². The number of carbonyl (C=O) groups is 21. The molecular weight excluding hydrogens is 1710 g/mol. The lowest BCUT2D eigenvalue weighted by molar-refractivity contribution is -0.156. The van der Waals surface area contributed by atoms with E-state index in [1.54, 1.807) is 36.5 Å². The van der Waals surface area contributed by atoms with Crippen LogP contribution in [-0.2, 0) is 113 Å². The number of unbranched alkanes of at least 4 members (excludes halogenated alkanes) is 6. The highest BCUT2D eigenvalue weighted by Crippen LogP contribution is 2.27. The molecule has 6 rings (SSSR count). The Balaban J connectivity index is 1.43. The number of carboxylic acids is 4. The number of cyclic esters (lactones) is 1. The molecule has 26 N–H and O–H groups in total. The number of carboxylic acid groups (broad SMARTS) is 4. The van der Waals surface area contributed by atoms with Gasteiger partial charge in [0.15, 0.2) is 5.78 Å². The number of fused-ring (bicyclic) bond motifs is 2. The fraction of sp³-hybridized carbons (Fsp3) is 0.482. The third-order valence-corrected chi connectivity index (χ3v) is 21.5. The van der Waals surface area contributed by atoms with Crippen molar-refractivity contribution in [1.82, 2.24) is 79.4 Å². The zero-order valence-electron chi connectivity index (χ0n) is 71.1. The van der Waals surface area contributed by atoms with E-state index in [0.29, 0.717) is 29.3 Å². The number of primary amides is 1. The molecule has 3 heterocycles. The van der Waals surface area contributed by atoms with Crippen LogP contribution >= 0.6 is 11.3 Å². The van der Waals surface area contributed by atoms with Crippen molar-refractivity contribution in [2.24, 2.45) is 17.4 Å². The van der Waals surface area contributed by atoms with Crippen LogP contribution in [0.5, 0.6) is 0 Å². The number of nitrogens with one attached hydrogen (secondary N) is 15. The molecule has 700 valence electrons. The van der Waals surface area contributed by atoms with E-state index in [-0.39, 0.29) is 43.5 Å². The van der Waals surface area contributed by atoms with Crippen LogP contribution in [0.3, 0.4) is 0 Å². The predicted molar refractivity (Wildman–Crippen MR) is 458 cm³/mol. The summed E-state index contributed by atoms with van der Waals surface area (Å²) in [5, 5.41) is 84.7. The highest BCUT2D eigenvalue weighted by atomic mass is 32.1. The summed E-state index contributed by atoms with van der Waals surface area (Å²) in [6.45, 7) is 0.847. The van der Waals surface area contributed by atoms with E-state index in [9.17, 15) is 117 Å². The molecule has 5 aromatic rings. The van der Waals surface area contributed by atoms with Crippen LogP contribution in [0.1, 0.15) is 152 Å². The second-order valence-electron chi connectivity index (χ2n) is 30.8. The van der Waals surface area contributed by atoms with Gasteiger partial charge in [0.25, 0.3) is 0 Å². The SMILES string of the molecule is CCCCCCCCCC(=O)NC(Cc1c[nH]c2ccccc12)C(=O)NC(CC(N)=O)C(=O)NC(CC(=O)O)C(=O)NC1C(=O)NCC(=O)NC(CCCNC(=O)C(N)Cc2csc3ccccc23)C(=O)NC(CC(=O)O)C(=O)NC(C)C(=O)NC(CC(=O)O)C(=O)NCC(=O)NC(CO)C(=O)NC(C(C)CC(=O)O)C(=O)NC(CC(=O)c2ccccc2N)C(=O)OC1C. The van der Waals surface area contributed by atoms with Crippen molar-refractivity contribution in [2.75, 3.05) is 32.0 Å². The number of nitrogens with two attached hydrogens (primary N) is 3. The molecule has 2 aromatic heterocycles. The Hall–Kier alpha value is -14.0. The zero-order valence-corrected chi connectivity index (χ0v) is 71.9. The van der Waals surface area contributed by atoms with E-state index < -0.39 is 273 Å². The number of aromatic amines is 1. The molecule has 1 fully saturated rings. The van der Waals surface area contributed by atoms with Gasteiger partial charge in [0, 0.05) is 58.9 Å². The van der Waals surface area contributed by atoms with Crippen LogP contribution in [0.15, 0.2) is 84.4 Å². The lowest BCUT2D eigenvalue weighted by atomic mass is 9.96. The summed E-state index contributed by atoms with van der Waals surface area (Å²) in [4.78, 5) is 294. The molecule has 1 saturated heterocycles. The third-order valence-electron chi connectivity index (χ3n) is 20.5. The number of carbonyl (C=O) groups excluding carboxylic acids is 17. The van der Waals surface area contributed by atoms with Gasteiger partial charge in [-0.3, -0.25) is 95.9 Å². The minimum absolute atomic E-state index is 0.0322. The van der Waals surface area contributed by atoms with Crippen molar-refractivity contribution in [3.8, 4) is 0 Å². The highest BCUT2D eigenvalue weighted by Gasteiger charge is 2.41. The number of nitrogen functional groups attached to an aromatic ring is 1. The number of aliphatic carboxylic acids is 4. The maximum Gasteiger partial charge on any atom is 0.329 e. The van der Waals surface area contributed by atoms with Crippen LogP contribution in [0.2, 0.25) is 0 Å². The summed E-state index contributed by atoms with van der Waals surface area (Å²) < 4.78 is 6.65. The summed E-state index contributed by atoms with van der Waals surface area (Å²) in [6.07, 6.45) is -2.91. The lowest BCUT2D eigenvalue weighted by Crippen LogP contribution is -2.62. The Morgan fingerprint density at radius 3 is 1.73 bits per heavy atom. The molecule has 46 heteroatoms. The van der Waals surface area contributed by atoms with Crippen molar-refractivity contribution in [3.05, 3.63) is 101 Å². The van der Waals surface area contributed by atoms with Gasteiger partial charge in [-0.05, 0) is 91.6 Å². The molecule has 1 aliphatic rings. The number of rotatable bonds is 39. The smallest absolute Gasteiger partial charge is 0.329 e. The number of H-pyrrole nitrogens is 1. The van der Waals surface area contributed by atoms with Crippen LogP contribution < -0.4 is 91.6 Å². The molecule has 0 aliphatic carbocycles. The molecule has 0 saturated carbocycles. The molecule has 15 amide bonds. The first-order chi connectivity index (χ1) is 61.2. The maximum atomic E-state index is 15.0. The maximum absolute atomic E-state index is 15.0. The van der Waals surface area contributed by atoms with Gasteiger partial charge in [-0.15, -0.1) is 11.3 Å². The van der Waals surface area contributed by atoms with Gasteiger partial charge >= 0.3 is 29.8 Å². The van der Waals surface area contributed by atoms with Crippen molar-refractivity contribution in [2.45, 2.75) is 222 Å². The van der Waals surface area contributed by atoms with Gasteiger partial charge in [0.05, 0.1) is 57.8 Å². The summed E-state index contributed by atoms with van der Waals surface area (Å²) in [6, 6.07) is -4.96. The van der Waals surface area contributed by atoms with Crippen LogP contribution in [0.25, 0.3) is 21.0 Å². The number of hydrogen-bond acceptors (Lipinski definition) is 26. The second kappa shape index (κ2) is 51.5. The van der Waals surface area contributed by atoms with Crippen LogP contribution in [0, 0.1) is 5.92 Å². The first kappa shape index (κ1) is 104. The second-order valence-corrected chi connectivity index (χ2v) is 31.7. The van der Waals surface area contributed by atoms with Gasteiger partial charge in [-0.2, -0.15) is 0 Å². The number of Topliss-reactive ketones (excluding diaryl/α,β-unsaturated/α-hetero) is 1. The number of aromatic nitrogens is 1. The summed E-state index contributed by atoms with van der Waals surface area (Å²) in [7, 11) is 0. The van der Waals surface area contributed by atoms with E-state index in [2.05, 4.69) is 70.4 Å². The van der Waals surface area contributed by atoms with E-state index in [1.165, 1.54) is 35.6 Å². The number of benzene rings is 3. The number of aliphatic hydroxyl groups excluding tert-OH is 1. The van der Waals surface area contributed by atoms with Crippen molar-refractivity contribution < 1.29 is 131 Å². The number of amides is 15. The first-order valence-corrected chi connectivity index (χ1v) is 42.3. The molecule has 14 unspecified atom stereocenters. The van der Waals surface area contributed by atoms with Crippen LogP contribution in [0.4, 0.5) is 5.69 Å². The number of esters is 1. The van der Waals surface area contributed by atoms with Crippen molar-refractivity contribution in [1.29, 1.82) is 0 Å². The molecule has 0 spiro atoms. The molecule has 0 bridgehead atoms. The zero-order chi connectivity index (χ0) is 95.3. The largest absolute Gasteiger partial charge is 0.481 e. The first-order valence-electron chi connectivity index (χ1n) is 41.4. The van der Waals surface area contributed by atoms with E-state index in [1.807, 2.05) is 39.5 Å². The minimum Gasteiger partial charge on any atom is -0.481 e. The van der Waals surface area contributed by atoms with Gasteiger partial charge in [0.1, 0.15) is 72.6 Å². The number of hydrogen-bond donors (Lipinski definition) is 23. The Labute approximate surface area is 741 Å². The summed E-state index contributed by atoms with van der Waals surface area (Å²) in [5.74, 6) is -31.0. The third kappa shape index (κ3) is 34.0. The number of aliphatic hydroxyl groups is 1. The van der Waals surface area contributed by atoms with Gasteiger partial charge < -0.3 is 127 Å². The molecule has 45 nitrogen and oxygen atoms in total. The molecule has 3 aromatic carbocycles. The Bertz CT molecular complexity index is 4920. The lowest BCUT2D eigenvalue weighted by Gasteiger charge is -2.30. The van der Waals surface area contributed by atoms with E-state index >= 15 is 9.59 Å². The molecule has 129 heavy (non-hydrogen) atoms. The Morgan fingerprint density at radius 2 is 1.09 bits per heavy atom. The van der Waals surface area contributed by atoms with Gasteiger partial charge in [-0.1, -0.05) is 101 Å². The quantitative estimate of drug-likeness (QED) is 0.00780. The Kier molecular flexibility index (Phi) is 41.4. The average Bonchev–Trinajstić information content (AvgIpc) is 1.72. The van der Waals surface area contributed by atoms with Crippen LogP contribution in [-0.4, -0.2) is 260 Å². The molecular formula is C83H110N18O27S. The number of thiophene rings is 1. The number of ketones is 1. The molecule has 1 aliphatic heterocycles. The van der Waals surface area contributed by atoms with Gasteiger partial charge in [0.2, 0.25) is 88.6 Å². The monoisotopic (exact) mass is 1820 g/mol. The van der Waals surface area contributed by atoms with E-state index in [0.717, 1.165) is 68.5 Å². The van der Waals surface area contributed by atoms with Gasteiger partial charge in [-0.25, -0.2) is 4.79 Å². The fourth-order valence-corrected chi connectivity index (χ4v) is 14.6. The summed E-state index contributed by atoms with van der Waals surface area (Å²) in [5.41, 5.74) is 19.5. The summed E-state index contributed by atoms with van der Waals surface area (Å²) >= 11 is 1.41. The standard InChI is InChI=1S/C83H110N18O27S/c1-5-6-7-8-9-10-11-26-63(105)93-53(30-44-36-88-51-23-16-13-19-46(44)51)77(121)96-54(32-62(86)104)78(122)98-57(35-69(114)115)79(123)101-71-43(4)128-83(127)58(31-60(103)48-21-12-15-22-49(48)84)99-82(126)70(41(2)28-66(108)109)100-80(124)59(39-102)94-65(107)37-89-74(118)55(33-67(110)111)95-72(116)42(3)91-76(120)56(34-68(112)113)97-75(119)52(92-64(106)38-90-81(71)125)24-18-27-87-73(117)50(85)29-45-40-129-61-25-17-14-20-47(45)61/h12-17,19-23,25,36,40-43,50,52-59,70-71,88,102H,5-11,18,24,26-35,37-39,84-85H2,1-4H3,(H2,86,104)(H,87,117)(H,89,118)(H,90,125)(H,91,120)(H,92,106)(H,93,105)(H,94,107)(H,95,116)(H,96,121)(H,97,119)(H,98,122)(H,99,126)(H,100,124)(H,101,123)(H,108,109)(H,110,111)(H,112,113)(H,114,115). The number of para-hydroxylation sites is 2. The van der Waals surface area contributed by atoms with Crippen molar-refractivity contribution >= 4 is 162 Å². The normalized spacial score (nSPS) is 20.4. The van der Waals surface area contributed by atoms with Crippen molar-refractivity contribution in [3.63, 3.8) is 0 Å². The number of ether oxygens (including phenoxy) is 1. The predicted octanol–water partition coefficient (Wildman–Crippen LogP) is -3.68. The fourth-order valence-electron chi connectivity index (χ4n) is 13.6.